The summed E-state index contributed by atoms with van der Waals surface area (Å²) in [5, 5.41) is 4.97. The predicted molar refractivity (Wildman–Crippen MR) is 79.3 cm³/mol. The van der Waals surface area contributed by atoms with E-state index in [0.717, 1.165) is 25.8 Å². The molecule has 0 aliphatic heterocycles. The molecule has 6 heteroatoms. The fourth-order valence-electron chi connectivity index (χ4n) is 2.77. The molecule has 1 atom stereocenters. The van der Waals surface area contributed by atoms with Crippen molar-refractivity contribution >= 4 is 11.9 Å². The van der Waals surface area contributed by atoms with E-state index in [-0.39, 0.29) is 11.9 Å². The third-order valence-electron chi connectivity index (χ3n) is 3.87. The summed E-state index contributed by atoms with van der Waals surface area (Å²) in [7, 11) is 0. The Bertz CT molecular complexity index is 316. The van der Waals surface area contributed by atoms with Crippen LogP contribution >= 0.6 is 0 Å². The van der Waals surface area contributed by atoms with Gasteiger partial charge in [0.15, 0.2) is 0 Å². The van der Waals surface area contributed by atoms with Crippen molar-refractivity contribution in [3.63, 3.8) is 0 Å². The topological polar surface area (TPSA) is 87.5 Å². The van der Waals surface area contributed by atoms with Crippen LogP contribution in [0.3, 0.4) is 0 Å². The molecule has 0 spiro atoms. The highest BCUT2D eigenvalue weighted by Crippen LogP contribution is 2.25. The van der Waals surface area contributed by atoms with Crippen LogP contribution in [-0.2, 0) is 4.79 Å². The lowest BCUT2D eigenvalue weighted by atomic mass is 10.1. The average Bonchev–Trinajstić information content (AvgIpc) is 2.93. The van der Waals surface area contributed by atoms with Gasteiger partial charge in [0.25, 0.3) is 0 Å². The molecule has 1 unspecified atom stereocenters. The third-order valence-corrected chi connectivity index (χ3v) is 3.87. The summed E-state index contributed by atoms with van der Waals surface area (Å²) in [6.07, 6.45) is 5.56. The number of amides is 3. The summed E-state index contributed by atoms with van der Waals surface area (Å²) < 4.78 is 0. The number of imide groups is 1. The first-order valence-corrected chi connectivity index (χ1v) is 7.64. The maximum absolute atomic E-state index is 12.1. The SMILES string of the molecule is CCNC(=O)NC(=O)C(C)N(CCCN)C1CCCC1. The Morgan fingerprint density at radius 2 is 2.00 bits per heavy atom. The van der Waals surface area contributed by atoms with Crippen LogP contribution in [0.1, 0.15) is 46.0 Å². The Balaban J connectivity index is 2.58. The van der Waals surface area contributed by atoms with E-state index in [9.17, 15) is 9.59 Å². The van der Waals surface area contributed by atoms with Crippen LogP contribution in [0.5, 0.6) is 0 Å². The fraction of sp³-hybridized carbons (Fsp3) is 0.857. The van der Waals surface area contributed by atoms with E-state index in [1.165, 1.54) is 12.8 Å². The molecule has 1 fully saturated rings. The molecular weight excluding hydrogens is 256 g/mol. The van der Waals surface area contributed by atoms with Crippen molar-refractivity contribution in [2.45, 2.75) is 58.0 Å². The molecule has 0 radical (unpaired) electrons. The minimum atomic E-state index is -0.422. The van der Waals surface area contributed by atoms with Crippen LogP contribution in [0, 0.1) is 0 Å². The van der Waals surface area contributed by atoms with Crippen LogP contribution in [0.2, 0.25) is 0 Å². The first kappa shape index (κ1) is 16.9. The van der Waals surface area contributed by atoms with E-state index in [1.807, 2.05) is 13.8 Å². The lowest BCUT2D eigenvalue weighted by molar-refractivity contribution is -0.125. The Kier molecular flexibility index (Phi) is 7.54. The van der Waals surface area contributed by atoms with E-state index in [1.54, 1.807) is 0 Å². The molecule has 0 aromatic rings. The van der Waals surface area contributed by atoms with Crippen LogP contribution < -0.4 is 16.4 Å². The van der Waals surface area contributed by atoms with Gasteiger partial charge in [-0.15, -0.1) is 0 Å². The van der Waals surface area contributed by atoms with Crippen molar-refractivity contribution in [2.75, 3.05) is 19.6 Å². The Morgan fingerprint density at radius 1 is 1.35 bits per heavy atom. The molecule has 4 N–H and O–H groups in total. The number of urea groups is 1. The number of hydrogen-bond acceptors (Lipinski definition) is 4. The van der Waals surface area contributed by atoms with Crippen molar-refractivity contribution in [1.82, 2.24) is 15.5 Å². The van der Waals surface area contributed by atoms with Crippen molar-refractivity contribution < 1.29 is 9.59 Å². The summed E-state index contributed by atoms with van der Waals surface area (Å²) in [4.78, 5) is 25.8. The Morgan fingerprint density at radius 3 is 2.55 bits per heavy atom. The van der Waals surface area contributed by atoms with E-state index in [4.69, 9.17) is 5.73 Å². The van der Waals surface area contributed by atoms with E-state index in [0.29, 0.717) is 19.1 Å². The van der Waals surface area contributed by atoms with E-state index < -0.39 is 6.03 Å². The van der Waals surface area contributed by atoms with Crippen molar-refractivity contribution in [1.29, 1.82) is 0 Å². The minimum absolute atomic E-state index is 0.236. The van der Waals surface area contributed by atoms with Gasteiger partial charge in [0, 0.05) is 19.1 Å². The second-order valence-electron chi connectivity index (χ2n) is 5.34. The number of hydrogen-bond donors (Lipinski definition) is 3. The summed E-state index contributed by atoms with van der Waals surface area (Å²) in [5.74, 6) is -0.236. The maximum atomic E-state index is 12.1. The van der Waals surface area contributed by atoms with Crippen molar-refractivity contribution in [2.24, 2.45) is 5.73 Å². The molecule has 20 heavy (non-hydrogen) atoms. The van der Waals surface area contributed by atoms with Gasteiger partial charge in [-0.1, -0.05) is 12.8 Å². The zero-order valence-corrected chi connectivity index (χ0v) is 12.7. The molecule has 6 nitrogen and oxygen atoms in total. The highest BCUT2D eigenvalue weighted by Gasteiger charge is 2.30. The third kappa shape index (κ3) is 5.09. The van der Waals surface area contributed by atoms with Gasteiger partial charge >= 0.3 is 6.03 Å². The van der Waals surface area contributed by atoms with E-state index in [2.05, 4.69) is 15.5 Å². The highest BCUT2D eigenvalue weighted by molar-refractivity contribution is 5.96. The number of nitrogens with zero attached hydrogens (tertiary/aromatic N) is 1. The van der Waals surface area contributed by atoms with Crippen LogP contribution in [-0.4, -0.2) is 48.6 Å². The Hall–Kier alpha value is -1.14. The van der Waals surface area contributed by atoms with Crippen molar-refractivity contribution in [3.8, 4) is 0 Å². The number of carbonyl (C=O) groups is 2. The van der Waals surface area contributed by atoms with E-state index >= 15 is 0 Å². The molecule has 1 saturated carbocycles. The molecule has 1 aliphatic rings. The van der Waals surface area contributed by atoms with Gasteiger partial charge in [-0.3, -0.25) is 15.0 Å². The standard InChI is InChI=1S/C14H28N4O2/c1-3-16-14(20)17-13(19)11(2)18(10-6-9-15)12-7-4-5-8-12/h11-12H,3-10,15H2,1-2H3,(H2,16,17,19,20). The lowest BCUT2D eigenvalue weighted by Gasteiger charge is -2.33. The number of carbonyl (C=O) groups excluding carboxylic acids is 2. The zero-order valence-electron chi connectivity index (χ0n) is 12.7. The fourth-order valence-corrected chi connectivity index (χ4v) is 2.77. The van der Waals surface area contributed by atoms with Gasteiger partial charge in [0.05, 0.1) is 6.04 Å². The summed E-state index contributed by atoms with van der Waals surface area (Å²) in [5.41, 5.74) is 5.58. The van der Waals surface area contributed by atoms with Crippen LogP contribution in [0.15, 0.2) is 0 Å². The highest BCUT2D eigenvalue weighted by atomic mass is 16.2. The Labute approximate surface area is 121 Å². The molecule has 116 valence electrons. The predicted octanol–water partition coefficient (Wildman–Crippen LogP) is 0.814. The summed E-state index contributed by atoms with van der Waals surface area (Å²) in [6.45, 7) is 5.62. The second-order valence-corrected chi connectivity index (χ2v) is 5.34. The average molecular weight is 284 g/mol. The lowest BCUT2D eigenvalue weighted by Crippen LogP contribution is -2.52. The molecule has 0 bridgehead atoms. The second kappa shape index (κ2) is 8.92. The number of nitrogens with one attached hydrogen (secondary N) is 2. The molecule has 1 rings (SSSR count). The van der Waals surface area contributed by atoms with Gasteiger partial charge < -0.3 is 11.1 Å². The molecule has 0 saturated heterocycles. The monoisotopic (exact) mass is 284 g/mol. The molecule has 0 aromatic heterocycles. The molecule has 3 amide bonds. The smallest absolute Gasteiger partial charge is 0.321 e. The first-order chi connectivity index (χ1) is 9.60. The molecular formula is C14H28N4O2. The maximum Gasteiger partial charge on any atom is 0.321 e. The largest absolute Gasteiger partial charge is 0.338 e. The van der Waals surface area contributed by atoms with Gasteiger partial charge in [-0.05, 0) is 39.7 Å². The van der Waals surface area contributed by atoms with Gasteiger partial charge in [-0.25, -0.2) is 4.79 Å². The van der Waals surface area contributed by atoms with Gasteiger partial charge in [-0.2, -0.15) is 0 Å². The van der Waals surface area contributed by atoms with Gasteiger partial charge in [0.1, 0.15) is 0 Å². The first-order valence-electron chi connectivity index (χ1n) is 7.64. The van der Waals surface area contributed by atoms with Crippen LogP contribution in [0.25, 0.3) is 0 Å². The van der Waals surface area contributed by atoms with Crippen molar-refractivity contribution in [3.05, 3.63) is 0 Å². The van der Waals surface area contributed by atoms with Gasteiger partial charge in [0.2, 0.25) is 5.91 Å². The number of rotatable bonds is 7. The number of nitrogens with two attached hydrogens (primary N) is 1. The molecule has 0 aromatic carbocycles. The van der Waals surface area contributed by atoms with Crippen LogP contribution in [0.4, 0.5) is 4.79 Å². The summed E-state index contributed by atoms with van der Waals surface area (Å²) >= 11 is 0. The molecule has 1 aliphatic carbocycles. The summed E-state index contributed by atoms with van der Waals surface area (Å²) in [6, 6.07) is -0.279. The quantitative estimate of drug-likeness (QED) is 0.646. The minimum Gasteiger partial charge on any atom is -0.338 e. The molecule has 0 heterocycles. The normalized spacial score (nSPS) is 17.2. The zero-order chi connectivity index (χ0) is 15.0.